The highest BCUT2D eigenvalue weighted by Gasteiger charge is 2.29. The summed E-state index contributed by atoms with van der Waals surface area (Å²) in [6, 6.07) is 1.88. The summed E-state index contributed by atoms with van der Waals surface area (Å²) >= 11 is 3.61. The first kappa shape index (κ1) is 11.7. The van der Waals surface area contributed by atoms with Crippen molar-refractivity contribution in [2.75, 3.05) is 11.9 Å². The van der Waals surface area contributed by atoms with Crippen LogP contribution in [-0.2, 0) is 0 Å². The Kier molecular flexibility index (Phi) is 3.07. The van der Waals surface area contributed by atoms with E-state index >= 15 is 0 Å². The van der Waals surface area contributed by atoms with Gasteiger partial charge in [-0.05, 0) is 41.8 Å². The molecule has 2 aromatic heterocycles. The van der Waals surface area contributed by atoms with Gasteiger partial charge in [0.15, 0.2) is 5.82 Å². The molecule has 0 aromatic carbocycles. The second kappa shape index (κ2) is 4.72. The number of aromatic nitrogens is 2. The molecule has 0 saturated heterocycles. The highest BCUT2D eigenvalue weighted by Crippen LogP contribution is 2.44. The predicted octanol–water partition coefficient (Wildman–Crippen LogP) is 3.81. The van der Waals surface area contributed by atoms with Crippen LogP contribution in [0.25, 0.3) is 11.4 Å². The molecular formula is C13H14BrN3O. The molecule has 0 radical (unpaired) electrons. The number of anilines is 1. The molecule has 2 aromatic rings. The van der Waals surface area contributed by atoms with Gasteiger partial charge in [0.1, 0.15) is 12.1 Å². The van der Waals surface area contributed by atoms with Crippen molar-refractivity contribution in [3.05, 3.63) is 28.8 Å². The van der Waals surface area contributed by atoms with Crippen LogP contribution in [0.4, 0.5) is 5.82 Å². The molecule has 1 fully saturated rings. The number of hydrogen-bond donors (Lipinski definition) is 1. The Bertz CT molecular complexity index is 550. The van der Waals surface area contributed by atoms with Gasteiger partial charge >= 0.3 is 0 Å². The Balaban J connectivity index is 2.09. The van der Waals surface area contributed by atoms with Crippen LogP contribution in [0.3, 0.4) is 0 Å². The fraction of sp³-hybridized carbons (Fsp3) is 0.385. The van der Waals surface area contributed by atoms with E-state index in [4.69, 9.17) is 4.42 Å². The zero-order valence-corrected chi connectivity index (χ0v) is 11.7. The molecule has 1 N–H and O–H groups in total. The number of furan rings is 1. The molecule has 5 heteroatoms. The van der Waals surface area contributed by atoms with Crippen molar-refractivity contribution in [1.29, 1.82) is 0 Å². The predicted molar refractivity (Wildman–Crippen MR) is 73.6 cm³/mol. The molecule has 4 nitrogen and oxygen atoms in total. The largest absolute Gasteiger partial charge is 0.472 e. The topological polar surface area (TPSA) is 51.0 Å². The monoisotopic (exact) mass is 307 g/mol. The van der Waals surface area contributed by atoms with Crippen LogP contribution in [0, 0.1) is 0 Å². The average molecular weight is 308 g/mol. The van der Waals surface area contributed by atoms with Crippen LogP contribution >= 0.6 is 15.9 Å². The van der Waals surface area contributed by atoms with E-state index in [2.05, 4.69) is 38.1 Å². The number of halogens is 1. The first-order valence-electron chi connectivity index (χ1n) is 6.13. The molecule has 0 bridgehead atoms. The second-order valence-electron chi connectivity index (χ2n) is 4.41. The summed E-state index contributed by atoms with van der Waals surface area (Å²) in [6.45, 7) is 2.90. The first-order chi connectivity index (χ1) is 8.79. The lowest BCUT2D eigenvalue weighted by molar-refractivity contribution is 0.568. The van der Waals surface area contributed by atoms with Gasteiger partial charge in [-0.1, -0.05) is 0 Å². The Morgan fingerprint density at radius 1 is 1.44 bits per heavy atom. The average Bonchev–Trinajstić information content (AvgIpc) is 3.06. The molecule has 2 heterocycles. The smallest absolute Gasteiger partial charge is 0.165 e. The molecule has 94 valence electrons. The maximum Gasteiger partial charge on any atom is 0.165 e. The maximum atomic E-state index is 5.10. The van der Waals surface area contributed by atoms with E-state index in [0.717, 1.165) is 33.9 Å². The van der Waals surface area contributed by atoms with Gasteiger partial charge in [-0.3, -0.25) is 0 Å². The molecule has 1 saturated carbocycles. The third-order valence-electron chi connectivity index (χ3n) is 2.96. The maximum absolute atomic E-state index is 5.10. The van der Waals surface area contributed by atoms with Crippen LogP contribution < -0.4 is 5.32 Å². The quantitative estimate of drug-likeness (QED) is 0.933. The molecule has 0 aliphatic heterocycles. The second-order valence-corrected chi connectivity index (χ2v) is 5.20. The van der Waals surface area contributed by atoms with Crippen LogP contribution in [-0.4, -0.2) is 16.5 Å². The summed E-state index contributed by atoms with van der Waals surface area (Å²) in [4.78, 5) is 9.21. The van der Waals surface area contributed by atoms with Gasteiger partial charge in [0.2, 0.25) is 0 Å². The van der Waals surface area contributed by atoms with Gasteiger partial charge in [-0.25, -0.2) is 9.97 Å². The van der Waals surface area contributed by atoms with Crippen molar-refractivity contribution in [3.63, 3.8) is 0 Å². The Morgan fingerprint density at radius 2 is 2.28 bits per heavy atom. The van der Waals surface area contributed by atoms with Crippen molar-refractivity contribution >= 4 is 21.7 Å². The molecular weight excluding hydrogens is 294 g/mol. The van der Waals surface area contributed by atoms with Crippen LogP contribution in [0.5, 0.6) is 0 Å². The van der Waals surface area contributed by atoms with Crippen LogP contribution in [0.2, 0.25) is 0 Å². The van der Waals surface area contributed by atoms with E-state index in [-0.39, 0.29) is 0 Å². The minimum atomic E-state index is 0.574. The van der Waals surface area contributed by atoms with E-state index in [9.17, 15) is 0 Å². The molecule has 0 spiro atoms. The molecule has 0 unspecified atom stereocenters. The van der Waals surface area contributed by atoms with Crippen LogP contribution in [0.15, 0.2) is 27.5 Å². The molecule has 1 aliphatic carbocycles. The van der Waals surface area contributed by atoms with Gasteiger partial charge in [-0.15, -0.1) is 0 Å². The Hall–Kier alpha value is -1.36. The highest BCUT2D eigenvalue weighted by atomic mass is 79.9. The van der Waals surface area contributed by atoms with E-state index < -0.39 is 0 Å². The van der Waals surface area contributed by atoms with E-state index in [1.807, 2.05) is 6.07 Å². The fourth-order valence-electron chi connectivity index (χ4n) is 1.90. The van der Waals surface area contributed by atoms with Gasteiger partial charge < -0.3 is 9.73 Å². The van der Waals surface area contributed by atoms with Gasteiger partial charge in [0, 0.05) is 12.5 Å². The first-order valence-corrected chi connectivity index (χ1v) is 6.92. The lowest BCUT2D eigenvalue weighted by Crippen LogP contribution is -2.05. The summed E-state index contributed by atoms with van der Waals surface area (Å²) in [5.41, 5.74) is 2.03. The molecule has 0 amide bonds. The van der Waals surface area contributed by atoms with Crippen molar-refractivity contribution in [1.82, 2.24) is 9.97 Å². The number of rotatable bonds is 4. The number of nitrogens with one attached hydrogen (secondary N) is 1. The SMILES string of the molecule is CCNc1nc(-c2ccoc2)nc(C2CC2)c1Br. The van der Waals surface area contributed by atoms with Gasteiger partial charge in [0.05, 0.1) is 22.0 Å². The summed E-state index contributed by atoms with van der Waals surface area (Å²) in [6.07, 6.45) is 5.75. The number of nitrogens with zero attached hydrogens (tertiary/aromatic N) is 2. The third kappa shape index (κ3) is 2.14. The number of hydrogen-bond acceptors (Lipinski definition) is 4. The zero-order valence-electron chi connectivity index (χ0n) is 10.1. The lowest BCUT2D eigenvalue weighted by Gasteiger charge is -2.11. The van der Waals surface area contributed by atoms with Crippen molar-refractivity contribution in [2.45, 2.75) is 25.7 Å². The van der Waals surface area contributed by atoms with Gasteiger partial charge in [0.25, 0.3) is 0 Å². The van der Waals surface area contributed by atoms with E-state index in [0.29, 0.717) is 5.92 Å². The fourth-order valence-corrected chi connectivity index (χ4v) is 2.54. The Labute approximate surface area is 114 Å². The Morgan fingerprint density at radius 3 is 2.89 bits per heavy atom. The van der Waals surface area contributed by atoms with Crippen molar-refractivity contribution in [3.8, 4) is 11.4 Å². The highest BCUT2D eigenvalue weighted by molar-refractivity contribution is 9.10. The normalized spacial score (nSPS) is 14.8. The third-order valence-corrected chi connectivity index (χ3v) is 3.75. The van der Waals surface area contributed by atoms with Gasteiger partial charge in [-0.2, -0.15) is 0 Å². The summed E-state index contributed by atoms with van der Waals surface area (Å²) in [5, 5.41) is 3.27. The molecule has 0 atom stereocenters. The molecule has 18 heavy (non-hydrogen) atoms. The van der Waals surface area contributed by atoms with Crippen molar-refractivity contribution in [2.24, 2.45) is 0 Å². The van der Waals surface area contributed by atoms with E-state index in [1.165, 1.54) is 12.8 Å². The van der Waals surface area contributed by atoms with Crippen molar-refractivity contribution < 1.29 is 4.42 Å². The lowest BCUT2D eigenvalue weighted by atomic mass is 10.2. The molecule has 3 rings (SSSR count). The minimum absolute atomic E-state index is 0.574. The van der Waals surface area contributed by atoms with Crippen LogP contribution in [0.1, 0.15) is 31.4 Å². The standard InChI is InChI=1S/C13H14BrN3O/c1-2-15-13-10(14)11(8-3-4-8)16-12(17-13)9-5-6-18-7-9/h5-8H,2-4H2,1H3,(H,15,16,17). The summed E-state index contributed by atoms with van der Waals surface area (Å²) in [7, 11) is 0. The summed E-state index contributed by atoms with van der Waals surface area (Å²) < 4.78 is 6.10. The summed E-state index contributed by atoms with van der Waals surface area (Å²) in [5.74, 6) is 2.17. The minimum Gasteiger partial charge on any atom is -0.472 e. The van der Waals surface area contributed by atoms with E-state index in [1.54, 1.807) is 12.5 Å². The molecule has 1 aliphatic rings. The zero-order chi connectivity index (χ0) is 12.5.